The molecule has 0 aromatic heterocycles. The summed E-state index contributed by atoms with van der Waals surface area (Å²) in [6, 6.07) is 17.0. The minimum absolute atomic E-state index is 0.233. The lowest BCUT2D eigenvalue weighted by Crippen LogP contribution is -2.36. The number of hydrogen-bond donors (Lipinski definition) is 1. The van der Waals surface area contributed by atoms with E-state index in [1.807, 2.05) is 36.0 Å². The summed E-state index contributed by atoms with van der Waals surface area (Å²) >= 11 is 14.3. The first-order chi connectivity index (χ1) is 12.3. The van der Waals surface area contributed by atoms with Crippen molar-refractivity contribution in [2.75, 3.05) is 5.75 Å². The van der Waals surface area contributed by atoms with Crippen LogP contribution in [0.4, 0.5) is 0 Å². The highest BCUT2D eigenvalue weighted by atomic mass is 35.5. The van der Waals surface area contributed by atoms with Gasteiger partial charge in [-0.15, -0.1) is 0 Å². The zero-order valence-corrected chi connectivity index (χ0v) is 18.4. The van der Waals surface area contributed by atoms with Crippen molar-refractivity contribution in [2.24, 2.45) is 0 Å². The molecule has 0 spiro atoms. The molecule has 0 aliphatic heterocycles. The van der Waals surface area contributed by atoms with Crippen LogP contribution in [0.5, 0.6) is 0 Å². The van der Waals surface area contributed by atoms with Crippen molar-refractivity contribution in [1.29, 1.82) is 0 Å². The Bertz CT molecular complexity index is 679. The van der Waals surface area contributed by atoms with Gasteiger partial charge in [-0.1, -0.05) is 75.2 Å². The summed E-state index contributed by atoms with van der Waals surface area (Å²) in [6.45, 7) is 9.06. The summed E-state index contributed by atoms with van der Waals surface area (Å²) in [6.07, 6.45) is 2.00. The van der Waals surface area contributed by atoms with E-state index in [-0.39, 0.29) is 10.8 Å². The van der Waals surface area contributed by atoms with Gasteiger partial charge in [0.2, 0.25) is 0 Å². The van der Waals surface area contributed by atoms with E-state index in [1.54, 1.807) is 0 Å². The van der Waals surface area contributed by atoms with Crippen LogP contribution < -0.4 is 5.32 Å². The van der Waals surface area contributed by atoms with Crippen molar-refractivity contribution < 1.29 is 0 Å². The number of halogens is 2. The van der Waals surface area contributed by atoms with Crippen molar-refractivity contribution >= 4 is 35.0 Å². The summed E-state index contributed by atoms with van der Waals surface area (Å²) in [7, 11) is 0. The van der Waals surface area contributed by atoms with E-state index >= 15 is 0 Å². The second-order valence-corrected chi connectivity index (χ2v) is 10.4. The minimum Gasteiger partial charge on any atom is -0.306 e. The Labute approximate surface area is 172 Å². The monoisotopic (exact) mass is 409 g/mol. The lowest BCUT2D eigenvalue weighted by atomic mass is 9.98. The van der Waals surface area contributed by atoms with Crippen LogP contribution in [-0.4, -0.2) is 16.5 Å². The second kappa shape index (κ2) is 10.0. The molecule has 0 amide bonds. The lowest BCUT2D eigenvalue weighted by molar-refractivity contribution is 0.448. The van der Waals surface area contributed by atoms with Crippen LogP contribution in [0.15, 0.2) is 48.5 Å². The molecular weight excluding hydrogens is 381 g/mol. The van der Waals surface area contributed by atoms with Crippen LogP contribution in [0.1, 0.15) is 51.3 Å². The summed E-state index contributed by atoms with van der Waals surface area (Å²) in [4.78, 5) is 0. The van der Waals surface area contributed by atoms with Gasteiger partial charge in [0.1, 0.15) is 0 Å². The maximum absolute atomic E-state index is 6.19. The van der Waals surface area contributed by atoms with Gasteiger partial charge in [-0.05, 0) is 48.2 Å². The van der Waals surface area contributed by atoms with Gasteiger partial charge in [0, 0.05) is 32.6 Å². The van der Waals surface area contributed by atoms with Gasteiger partial charge in [-0.3, -0.25) is 0 Å². The van der Waals surface area contributed by atoms with Gasteiger partial charge >= 0.3 is 0 Å². The van der Waals surface area contributed by atoms with Gasteiger partial charge in [-0.25, -0.2) is 0 Å². The van der Waals surface area contributed by atoms with Gasteiger partial charge in [0.05, 0.1) is 0 Å². The number of rotatable bonds is 8. The Morgan fingerprint density at radius 3 is 2.27 bits per heavy atom. The fourth-order valence-electron chi connectivity index (χ4n) is 2.79. The zero-order valence-electron chi connectivity index (χ0n) is 16.1. The molecule has 0 radical (unpaired) electrons. The average molecular weight is 410 g/mol. The third kappa shape index (κ3) is 7.52. The fourth-order valence-corrected chi connectivity index (χ4v) is 4.16. The second-order valence-electron chi connectivity index (χ2n) is 7.63. The van der Waals surface area contributed by atoms with E-state index in [0.717, 1.165) is 28.6 Å². The van der Waals surface area contributed by atoms with Gasteiger partial charge < -0.3 is 5.32 Å². The highest BCUT2D eigenvalue weighted by Gasteiger charge is 2.19. The van der Waals surface area contributed by atoms with Crippen molar-refractivity contribution in [2.45, 2.75) is 57.4 Å². The van der Waals surface area contributed by atoms with Crippen molar-refractivity contribution in [1.82, 2.24) is 5.32 Å². The molecule has 2 aromatic carbocycles. The van der Waals surface area contributed by atoms with Crippen LogP contribution in [0.3, 0.4) is 0 Å². The van der Waals surface area contributed by atoms with Crippen LogP contribution in [0.2, 0.25) is 10.0 Å². The van der Waals surface area contributed by atoms with Crippen LogP contribution >= 0.6 is 35.0 Å². The molecule has 0 saturated heterocycles. The smallest absolute Gasteiger partial charge is 0.0408 e. The molecule has 0 saturated carbocycles. The highest BCUT2D eigenvalue weighted by Crippen LogP contribution is 2.27. The Balaban J connectivity index is 2.17. The molecule has 26 heavy (non-hydrogen) atoms. The molecule has 142 valence electrons. The standard InChI is InChI=1S/C22H29Cl2NS/c1-5-20(15-26-22(2,3)4)25-21(17-9-11-18(23)12-10-17)14-16-7-6-8-19(24)13-16/h6-13,20-21,25H,5,14-15H2,1-4H3. The van der Waals surface area contributed by atoms with E-state index in [9.17, 15) is 0 Å². The predicted octanol–water partition coefficient (Wildman–Crippen LogP) is 7.18. The predicted molar refractivity (Wildman–Crippen MR) is 119 cm³/mol. The van der Waals surface area contributed by atoms with Crippen molar-refractivity contribution in [3.8, 4) is 0 Å². The lowest BCUT2D eigenvalue weighted by Gasteiger charge is -2.28. The third-order valence-electron chi connectivity index (χ3n) is 4.25. The first-order valence-corrected chi connectivity index (χ1v) is 10.9. The summed E-state index contributed by atoms with van der Waals surface area (Å²) in [5, 5.41) is 5.43. The summed E-state index contributed by atoms with van der Waals surface area (Å²) in [5.41, 5.74) is 2.50. The molecule has 2 atom stereocenters. The highest BCUT2D eigenvalue weighted by molar-refractivity contribution is 8.00. The first-order valence-electron chi connectivity index (χ1n) is 9.16. The van der Waals surface area contributed by atoms with Gasteiger partial charge in [0.25, 0.3) is 0 Å². The molecule has 0 bridgehead atoms. The third-order valence-corrected chi connectivity index (χ3v) is 6.17. The largest absolute Gasteiger partial charge is 0.306 e. The SMILES string of the molecule is CCC(CSC(C)(C)C)NC(Cc1cccc(Cl)c1)c1ccc(Cl)cc1. The van der Waals surface area contributed by atoms with Crippen LogP contribution in [-0.2, 0) is 6.42 Å². The van der Waals surface area contributed by atoms with E-state index in [1.165, 1.54) is 11.1 Å². The first kappa shape index (κ1) is 21.6. The Kier molecular flexibility index (Phi) is 8.35. The molecule has 0 heterocycles. The Morgan fingerprint density at radius 2 is 1.69 bits per heavy atom. The van der Waals surface area contributed by atoms with E-state index < -0.39 is 0 Å². The van der Waals surface area contributed by atoms with Crippen LogP contribution in [0.25, 0.3) is 0 Å². The number of nitrogens with one attached hydrogen (secondary N) is 1. The maximum atomic E-state index is 6.19. The van der Waals surface area contributed by atoms with E-state index in [0.29, 0.717) is 6.04 Å². The fraction of sp³-hybridized carbons (Fsp3) is 0.455. The Morgan fingerprint density at radius 1 is 1.00 bits per heavy atom. The average Bonchev–Trinajstić information content (AvgIpc) is 2.57. The zero-order chi connectivity index (χ0) is 19.2. The molecule has 0 fully saturated rings. The molecule has 0 aliphatic rings. The van der Waals surface area contributed by atoms with Crippen LogP contribution in [0, 0.1) is 0 Å². The molecule has 1 N–H and O–H groups in total. The quantitative estimate of drug-likeness (QED) is 0.495. The number of benzene rings is 2. The molecular formula is C22H29Cl2NS. The normalized spacial score (nSPS) is 14.2. The molecule has 2 unspecified atom stereocenters. The van der Waals surface area contributed by atoms with Gasteiger partial charge in [0.15, 0.2) is 0 Å². The summed E-state index contributed by atoms with van der Waals surface area (Å²) in [5.74, 6) is 1.10. The number of thioether (sulfide) groups is 1. The van der Waals surface area contributed by atoms with E-state index in [4.69, 9.17) is 23.2 Å². The molecule has 2 rings (SSSR count). The van der Waals surface area contributed by atoms with Gasteiger partial charge in [-0.2, -0.15) is 11.8 Å². The maximum Gasteiger partial charge on any atom is 0.0408 e. The number of hydrogen-bond acceptors (Lipinski definition) is 2. The van der Waals surface area contributed by atoms with Crippen molar-refractivity contribution in [3.05, 3.63) is 69.7 Å². The summed E-state index contributed by atoms with van der Waals surface area (Å²) < 4.78 is 0.276. The molecule has 0 aliphatic carbocycles. The molecule has 2 aromatic rings. The van der Waals surface area contributed by atoms with E-state index in [2.05, 4.69) is 57.3 Å². The Hall–Kier alpha value is -0.670. The minimum atomic E-state index is 0.233. The molecule has 1 nitrogen and oxygen atoms in total. The van der Waals surface area contributed by atoms with Crippen molar-refractivity contribution in [3.63, 3.8) is 0 Å². The topological polar surface area (TPSA) is 12.0 Å². The molecule has 4 heteroatoms.